The van der Waals surface area contributed by atoms with E-state index in [1.165, 1.54) is 19.1 Å². The predicted molar refractivity (Wildman–Crippen MR) is 143 cm³/mol. The minimum atomic E-state index is -1.23. The molecule has 1 aliphatic heterocycles. The highest BCUT2D eigenvalue weighted by Crippen LogP contribution is 2.15. The van der Waals surface area contributed by atoms with Crippen molar-refractivity contribution >= 4 is 29.7 Å². The number of rotatable bonds is 16. The number of furan rings is 1. The number of nitrogens with zero attached hydrogens (tertiary/aromatic N) is 1. The molecule has 0 saturated carbocycles. The van der Waals surface area contributed by atoms with E-state index in [9.17, 15) is 29.4 Å². The second kappa shape index (κ2) is 15.6. The third-order valence-corrected chi connectivity index (χ3v) is 6.30. The molecule has 0 aromatic carbocycles. The molecule has 1 aliphatic rings. The maximum atomic E-state index is 12.9. The van der Waals surface area contributed by atoms with Crippen LogP contribution in [0.15, 0.2) is 28.2 Å². The van der Waals surface area contributed by atoms with Crippen molar-refractivity contribution in [2.45, 2.75) is 69.9 Å². The second-order valence-corrected chi connectivity index (χ2v) is 9.60. The van der Waals surface area contributed by atoms with Crippen LogP contribution in [0.1, 0.15) is 44.1 Å². The number of nitrogens with one attached hydrogen (secondary N) is 4. The number of amides is 3. The molecule has 11 N–H and O–H groups in total. The lowest BCUT2D eigenvalue weighted by atomic mass is 10.0. The monoisotopic (exact) mass is 565 g/mol. The van der Waals surface area contributed by atoms with E-state index >= 15 is 0 Å². The third kappa shape index (κ3) is 10.3. The molecule has 1 aromatic rings. The molecular formula is C25H39N7O8. The molecule has 0 spiro atoms. The van der Waals surface area contributed by atoms with Gasteiger partial charge < -0.3 is 52.1 Å². The molecule has 1 aromatic heterocycles. The Labute approximate surface area is 231 Å². The van der Waals surface area contributed by atoms with E-state index in [0.29, 0.717) is 31.7 Å². The number of unbranched alkanes of at least 4 members (excludes halogenated alkanes) is 1. The number of hydrogen-bond acceptors (Lipinski definition) is 9. The number of aliphatic hydroxyl groups is 2. The Balaban J connectivity index is 1.82. The Hall–Kier alpha value is -3.95. The number of carbonyl (C=O) groups is 4. The maximum Gasteiger partial charge on any atom is 0.326 e. The van der Waals surface area contributed by atoms with Crippen molar-refractivity contribution < 1.29 is 38.9 Å². The van der Waals surface area contributed by atoms with Gasteiger partial charge in [0.1, 0.15) is 36.3 Å². The average Bonchev–Trinajstić information content (AvgIpc) is 3.56. The van der Waals surface area contributed by atoms with Crippen LogP contribution < -0.4 is 27.4 Å². The predicted octanol–water partition coefficient (Wildman–Crippen LogP) is -2.11. The fourth-order valence-corrected chi connectivity index (χ4v) is 3.93. The standard InChI is InChI=1S/C25H39N7O8/c1-14(34)21(26)23(37)31-18(10-15-7-9-32(12-15)25(27)28)22(36)29-8-3-2-4-20(35)30-19(24(38)39)11-16-5-6-17(13-33)40-16/h5-7,14,18-19,21,33-34H,2-4,8-13,26H2,1H3,(H3,27,28)(H,29,36)(H,30,35)(H,31,37)(H,38,39). The van der Waals surface area contributed by atoms with Gasteiger partial charge in [0.15, 0.2) is 5.96 Å². The van der Waals surface area contributed by atoms with Crippen molar-refractivity contribution in [3.8, 4) is 0 Å². The van der Waals surface area contributed by atoms with Gasteiger partial charge in [0.05, 0.1) is 6.10 Å². The fraction of sp³-hybridized carbons (Fsp3) is 0.560. The second-order valence-electron chi connectivity index (χ2n) is 9.60. The van der Waals surface area contributed by atoms with Gasteiger partial charge in [0.2, 0.25) is 17.7 Å². The Morgan fingerprint density at radius 3 is 2.38 bits per heavy atom. The zero-order chi connectivity index (χ0) is 29.8. The van der Waals surface area contributed by atoms with Crippen molar-refractivity contribution in [3.63, 3.8) is 0 Å². The molecule has 3 amide bonds. The van der Waals surface area contributed by atoms with Crippen LogP contribution in [0, 0.1) is 5.41 Å². The molecule has 0 radical (unpaired) electrons. The number of aliphatic carboxylic acids is 1. The van der Waals surface area contributed by atoms with E-state index in [-0.39, 0.29) is 44.1 Å². The summed E-state index contributed by atoms with van der Waals surface area (Å²) in [6.45, 7) is 1.99. The highest BCUT2D eigenvalue weighted by atomic mass is 16.4. The summed E-state index contributed by atoms with van der Waals surface area (Å²) in [5.74, 6) is -2.38. The van der Waals surface area contributed by atoms with Crippen LogP contribution in [-0.4, -0.2) is 93.7 Å². The lowest BCUT2D eigenvalue weighted by Gasteiger charge is -2.23. The number of hydrogen-bond donors (Lipinski definition) is 9. The molecule has 0 aliphatic carbocycles. The first kappa shape index (κ1) is 32.3. The topological polar surface area (TPSA) is 257 Å². The smallest absolute Gasteiger partial charge is 0.326 e. The first-order chi connectivity index (χ1) is 18.9. The van der Waals surface area contributed by atoms with E-state index in [4.69, 9.17) is 26.4 Å². The SMILES string of the molecule is CC(O)C(N)C(=O)NC(CC1=CCN(C(=N)N)C1)C(=O)NCCCCC(=O)NC(Cc1ccc(CO)o1)C(=O)O. The summed E-state index contributed by atoms with van der Waals surface area (Å²) in [4.78, 5) is 50.7. The van der Waals surface area contributed by atoms with E-state index < -0.39 is 47.9 Å². The highest BCUT2D eigenvalue weighted by Gasteiger charge is 2.28. The van der Waals surface area contributed by atoms with Crippen LogP contribution in [0.5, 0.6) is 0 Å². The molecule has 15 nitrogen and oxygen atoms in total. The molecular weight excluding hydrogens is 526 g/mol. The summed E-state index contributed by atoms with van der Waals surface area (Å²) in [5, 5.41) is 43.4. The summed E-state index contributed by atoms with van der Waals surface area (Å²) in [6, 6.07) is -0.353. The first-order valence-electron chi connectivity index (χ1n) is 12.9. The minimum Gasteiger partial charge on any atom is -0.480 e. The summed E-state index contributed by atoms with van der Waals surface area (Å²) >= 11 is 0. The lowest BCUT2D eigenvalue weighted by molar-refractivity contribution is -0.141. The van der Waals surface area contributed by atoms with Gasteiger partial charge in [-0.05, 0) is 38.3 Å². The van der Waals surface area contributed by atoms with Crippen LogP contribution in [0.2, 0.25) is 0 Å². The fourth-order valence-electron chi connectivity index (χ4n) is 3.93. The van der Waals surface area contributed by atoms with E-state index in [0.717, 1.165) is 5.57 Å². The van der Waals surface area contributed by atoms with Gasteiger partial charge in [-0.2, -0.15) is 0 Å². The van der Waals surface area contributed by atoms with Gasteiger partial charge in [-0.3, -0.25) is 19.8 Å². The molecule has 15 heteroatoms. The number of guanidine groups is 1. The van der Waals surface area contributed by atoms with Gasteiger partial charge in [-0.15, -0.1) is 0 Å². The summed E-state index contributed by atoms with van der Waals surface area (Å²) in [7, 11) is 0. The van der Waals surface area contributed by atoms with Crippen LogP contribution in [-0.2, 0) is 32.2 Å². The van der Waals surface area contributed by atoms with Crippen LogP contribution in [0.3, 0.4) is 0 Å². The van der Waals surface area contributed by atoms with Crippen molar-refractivity contribution in [1.82, 2.24) is 20.9 Å². The van der Waals surface area contributed by atoms with Crippen molar-refractivity contribution in [2.75, 3.05) is 19.6 Å². The molecule has 2 heterocycles. The number of aliphatic hydroxyl groups excluding tert-OH is 2. The van der Waals surface area contributed by atoms with Gasteiger partial charge >= 0.3 is 5.97 Å². The molecule has 40 heavy (non-hydrogen) atoms. The van der Waals surface area contributed by atoms with Crippen molar-refractivity contribution in [1.29, 1.82) is 5.41 Å². The Bertz CT molecular complexity index is 1090. The summed E-state index contributed by atoms with van der Waals surface area (Å²) in [5.41, 5.74) is 12.0. The summed E-state index contributed by atoms with van der Waals surface area (Å²) in [6.07, 6.45) is 1.57. The van der Waals surface area contributed by atoms with Gasteiger partial charge in [-0.25, -0.2) is 4.79 Å². The molecule has 4 atom stereocenters. The summed E-state index contributed by atoms with van der Waals surface area (Å²) < 4.78 is 5.28. The molecule has 2 rings (SSSR count). The van der Waals surface area contributed by atoms with Crippen LogP contribution in [0.4, 0.5) is 0 Å². The Morgan fingerprint density at radius 2 is 1.80 bits per heavy atom. The zero-order valence-corrected chi connectivity index (χ0v) is 22.4. The molecule has 0 bridgehead atoms. The number of nitrogens with two attached hydrogens (primary N) is 2. The zero-order valence-electron chi connectivity index (χ0n) is 22.4. The van der Waals surface area contributed by atoms with E-state index in [1.807, 2.05) is 6.08 Å². The van der Waals surface area contributed by atoms with Gasteiger partial charge in [0, 0.05) is 32.5 Å². The lowest BCUT2D eigenvalue weighted by Crippen LogP contribution is -2.54. The minimum absolute atomic E-state index is 0.0247. The van der Waals surface area contributed by atoms with E-state index in [1.54, 1.807) is 4.90 Å². The number of carboxylic acids is 1. The van der Waals surface area contributed by atoms with Crippen molar-refractivity contribution in [2.24, 2.45) is 11.5 Å². The normalized spacial score (nSPS) is 15.9. The third-order valence-electron chi connectivity index (χ3n) is 6.30. The van der Waals surface area contributed by atoms with Gasteiger partial charge in [0.25, 0.3) is 0 Å². The Kier molecular flexibility index (Phi) is 12.6. The largest absolute Gasteiger partial charge is 0.480 e. The van der Waals surface area contributed by atoms with Crippen molar-refractivity contribution in [3.05, 3.63) is 35.3 Å². The Morgan fingerprint density at radius 1 is 1.10 bits per heavy atom. The van der Waals surface area contributed by atoms with E-state index in [2.05, 4.69) is 16.0 Å². The molecule has 4 unspecified atom stereocenters. The molecule has 0 fully saturated rings. The first-order valence-corrected chi connectivity index (χ1v) is 12.9. The van der Waals surface area contributed by atoms with Crippen LogP contribution >= 0.6 is 0 Å². The average molecular weight is 566 g/mol. The van der Waals surface area contributed by atoms with Crippen LogP contribution in [0.25, 0.3) is 0 Å². The molecule has 0 saturated heterocycles. The maximum absolute atomic E-state index is 12.9. The quantitative estimate of drug-likeness (QED) is 0.0453. The highest BCUT2D eigenvalue weighted by molar-refractivity contribution is 5.90. The number of carboxylic acid groups (broad SMARTS) is 1. The number of carbonyl (C=O) groups excluding carboxylic acids is 3. The molecule has 222 valence electrons. The van der Waals surface area contributed by atoms with Gasteiger partial charge in [-0.1, -0.05) is 11.6 Å².